The van der Waals surface area contributed by atoms with Crippen molar-refractivity contribution in [1.82, 2.24) is 39.0 Å². The van der Waals surface area contributed by atoms with E-state index in [2.05, 4.69) is 31.4 Å². The molecule has 1 fully saturated rings. The molecule has 0 aromatic carbocycles. The maximum atomic E-state index is 14.4. The summed E-state index contributed by atoms with van der Waals surface area (Å²) in [6.07, 6.45) is 11.3. The van der Waals surface area contributed by atoms with Gasteiger partial charge in [-0.2, -0.15) is 5.10 Å². The molecular formula is C22H18ClFN8O. The Morgan fingerprint density at radius 1 is 1.27 bits per heavy atom. The molecular weight excluding hydrogens is 447 g/mol. The summed E-state index contributed by atoms with van der Waals surface area (Å²) < 4.78 is 19.2. The van der Waals surface area contributed by atoms with Crippen LogP contribution in [0.1, 0.15) is 52.6 Å². The molecule has 1 aliphatic rings. The van der Waals surface area contributed by atoms with Gasteiger partial charge in [0, 0.05) is 12.6 Å². The highest BCUT2D eigenvalue weighted by Gasteiger charge is 2.24. The lowest BCUT2D eigenvalue weighted by molar-refractivity contribution is 0.0977. The molecule has 0 unspecified atom stereocenters. The summed E-state index contributed by atoms with van der Waals surface area (Å²) in [6.45, 7) is 0.373. The lowest BCUT2D eigenvalue weighted by Crippen LogP contribution is -2.03. The summed E-state index contributed by atoms with van der Waals surface area (Å²) in [6, 6.07) is 3.53. The van der Waals surface area contributed by atoms with Gasteiger partial charge < -0.3 is 4.40 Å². The number of carbonyl (C=O) groups excluding carboxylic acids is 1. The van der Waals surface area contributed by atoms with E-state index in [9.17, 15) is 9.18 Å². The Hall–Kier alpha value is -3.66. The number of hydrogen-bond donors (Lipinski definition) is 0. The summed E-state index contributed by atoms with van der Waals surface area (Å²) in [5.41, 5.74) is 3.79. The highest BCUT2D eigenvalue weighted by molar-refractivity contribution is 6.31. The van der Waals surface area contributed by atoms with Crippen molar-refractivity contribution in [1.29, 1.82) is 0 Å². The van der Waals surface area contributed by atoms with Gasteiger partial charge in [0.2, 0.25) is 0 Å². The van der Waals surface area contributed by atoms with Crippen molar-refractivity contribution < 1.29 is 9.18 Å². The highest BCUT2D eigenvalue weighted by atomic mass is 35.5. The molecule has 6 rings (SSSR count). The molecule has 0 bridgehead atoms. The van der Waals surface area contributed by atoms with Crippen molar-refractivity contribution in [3.05, 3.63) is 76.7 Å². The predicted octanol–water partition coefficient (Wildman–Crippen LogP) is 3.50. The van der Waals surface area contributed by atoms with Gasteiger partial charge in [-0.05, 0) is 42.9 Å². The average molecular weight is 465 g/mol. The second-order valence-corrected chi connectivity index (χ2v) is 8.65. The number of ketones is 1. The zero-order valence-electron chi connectivity index (χ0n) is 17.4. The second kappa shape index (κ2) is 7.73. The lowest BCUT2D eigenvalue weighted by Gasteiger charge is -2.01. The van der Waals surface area contributed by atoms with Crippen LogP contribution in [0.4, 0.5) is 4.39 Å². The van der Waals surface area contributed by atoms with Gasteiger partial charge in [-0.3, -0.25) is 4.79 Å². The molecule has 166 valence electrons. The van der Waals surface area contributed by atoms with E-state index in [4.69, 9.17) is 11.6 Å². The predicted molar refractivity (Wildman–Crippen MR) is 117 cm³/mol. The summed E-state index contributed by atoms with van der Waals surface area (Å²) in [7, 11) is 0. The molecule has 11 heteroatoms. The zero-order valence-corrected chi connectivity index (χ0v) is 18.2. The van der Waals surface area contributed by atoms with Gasteiger partial charge in [0.15, 0.2) is 17.2 Å². The van der Waals surface area contributed by atoms with E-state index in [1.54, 1.807) is 26.0 Å². The van der Waals surface area contributed by atoms with Gasteiger partial charge >= 0.3 is 0 Å². The molecule has 0 atom stereocenters. The van der Waals surface area contributed by atoms with Crippen molar-refractivity contribution in [2.24, 2.45) is 0 Å². The molecule has 0 radical (unpaired) electrons. The number of nitrogens with zero attached hydrogens (tertiary/aromatic N) is 8. The number of halogens is 2. The van der Waals surface area contributed by atoms with Crippen molar-refractivity contribution in [3.63, 3.8) is 0 Å². The van der Waals surface area contributed by atoms with Crippen LogP contribution in [0, 0.1) is 5.82 Å². The number of carbonyl (C=O) groups is 1. The van der Waals surface area contributed by atoms with Crippen LogP contribution in [0.25, 0.3) is 11.2 Å². The van der Waals surface area contributed by atoms with Crippen molar-refractivity contribution in [2.75, 3.05) is 0 Å². The van der Waals surface area contributed by atoms with Crippen LogP contribution in [-0.4, -0.2) is 44.8 Å². The van der Waals surface area contributed by atoms with E-state index in [1.165, 1.54) is 30.8 Å². The maximum Gasteiger partial charge on any atom is 0.185 e. The van der Waals surface area contributed by atoms with E-state index < -0.39 is 5.82 Å². The average Bonchev–Trinajstić information content (AvgIpc) is 3.23. The monoisotopic (exact) mass is 464 g/mol. The Morgan fingerprint density at radius 3 is 3.00 bits per heavy atom. The first kappa shape index (κ1) is 20.0. The van der Waals surface area contributed by atoms with E-state index >= 15 is 0 Å². The molecule has 5 aromatic heterocycles. The fraction of sp³-hybridized carbons (Fsp3) is 0.273. The molecule has 33 heavy (non-hydrogen) atoms. The zero-order chi connectivity index (χ0) is 22.5. The SMILES string of the molecule is O=C(CCc1ncn2ccc(Cl)c(F)c12)c1cn(Cc2cn3ncc(C4CC4)cc3n2)nn1. The smallest absolute Gasteiger partial charge is 0.185 e. The normalized spacial score (nSPS) is 13.9. The minimum atomic E-state index is -0.545. The van der Waals surface area contributed by atoms with Gasteiger partial charge in [-0.1, -0.05) is 16.8 Å². The molecule has 0 N–H and O–H groups in total. The van der Waals surface area contributed by atoms with Crippen LogP contribution < -0.4 is 0 Å². The van der Waals surface area contributed by atoms with Gasteiger partial charge in [0.1, 0.15) is 11.2 Å². The Balaban J connectivity index is 1.14. The molecule has 1 aliphatic carbocycles. The number of hydrogen-bond acceptors (Lipinski definition) is 6. The van der Waals surface area contributed by atoms with Crippen LogP contribution in [-0.2, 0) is 13.0 Å². The Bertz CT molecular complexity index is 1520. The summed E-state index contributed by atoms with van der Waals surface area (Å²) in [4.78, 5) is 21.5. The second-order valence-electron chi connectivity index (χ2n) is 8.25. The minimum Gasteiger partial charge on any atom is -0.303 e. The van der Waals surface area contributed by atoms with Crippen LogP contribution in [0.15, 0.2) is 43.2 Å². The quantitative estimate of drug-likeness (QED) is 0.342. The molecule has 0 aliphatic heterocycles. The Morgan fingerprint density at radius 2 is 2.15 bits per heavy atom. The van der Waals surface area contributed by atoms with Crippen LogP contribution in [0.2, 0.25) is 5.02 Å². The third-order valence-electron chi connectivity index (χ3n) is 5.85. The first-order valence-corrected chi connectivity index (χ1v) is 11.0. The van der Waals surface area contributed by atoms with Crippen molar-refractivity contribution in [2.45, 2.75) is 38.1 Å². The first-order valence-electron chi connectivity index (χ1n) is 10.6. The van der Waals surface area contributed by atoms with Gasteiger partial charge in [-0.15, -0.1) is 5.10 Å². The summed E-state index contributed by atoms with van der Waals surface area (Å²) in [5, 5.41) is 12.5. The standard InChI is InChI=1S/C22H18ClFN8O/c23-16-5-6-30-12-25-17(22(30)21(16)24)3-4-19(33)18-11-31(29-28-18)9-15-10-32-20(27-15)7-14(8-26-32)13-1-2-13/h5-8,10-13H,1-4,9H2. The number of imidazole rings is 2. The van der Waals surface area contributed by atoms with Crippen molar-refractivity contribution in [3.8, 4) is 0 Å². The van der Waals surface area contributed by atoms with Crippen LogP contribution in [0.5, 0.6) is 0 Å². The fourth-order valence-corrected chi connectivity index (χ4v) is 4.10. The molecule has 5 heterocycles. The molecule has 0 spiro atoms. The fourth-order valence-electron chi connectivity index (χ4n) is 3.95. The third-order valence-corrected chi connectivity index (χ3v) is 6.14. The van der Waals surface area contributed by atoms with Gasteiger partial charge in [0.25, 0.3) is 0 Å². The summed E-state index contributed by atoms with van der Waals surface area (Å²) >= 11 is 5.88. The lowest BCUT2D eigenvalue weighted by atomic mass is 10.1. The molecule has 1 saturated carbocycles. The topological polar surface area (TPSA) is 95.3 Å². The first-order chi connectivity index (χ1) is 16.0. The highest BCUT2D eigenvalue weighted by Crippen LogP contribution is 2.39. The number of aryl methyl sites for hydroxylation is 1. The van der Waals surface area contributed by atoms with Crippen molar-refractivity contribution >= 4 is 28.5 Å². The van der Waals surface area contributed by atoms with Crippen LogP contribution in [0.3, 0.4) is 0 Å². The van der Waals surface area contributed by atoms with E-state index in [0.717, 1.165) is 11.3 Å². The third kappa shape index (κ3) is 3.76. The van der Waals surface area contributed by atoms with Crippen LogP contribution >= 0.6 is 11.6 Å². The molecule has 9 nitrogen and oxygen atoms in total. The Labute approximate surface area is 191 Å². The summed E-state index contributed by atoms with van der Waals surface area (Å²) in [5.74, 6) is -0.132. The molecule has 0 saturated heterocycles. The molecule has 5 aromatic rings. The number of rotatable bonds is 7. The Kier molecular flexibility index (Phi) is 4.68. The van der Waals surface area contributed by atoms with E-state index in [1.807, 2.05) is 12.4 Å². The maximum absolute atomic E-state index is 14.4. The van der Waals surface area contributed by atoms with E-state index in [-0.39, 0.29) is 34.9 Å². The number of aromatic nitrogens is 8. The number of pyridine rings is 1. The minimum absolute atomic E-state index is 0.0180. The largest absolute Gasteiger partial charge is 0.303 e. The van der Waals surface area contributed by atoms with Gasteiger partial charge in [0.05, 0.1) is 47.9 Å². The van der Waals surface area contributed by atoms with E-state index in [0.29, 0.717) is 18.2 Å². The van der Waals surface area contributed by atoms with Gasteiger partial charge in [-0.25, -0.2) is 23.6 Å². The molecule has 0 amide bonds. The number of Topliss-reactive ketones (excluding diaryl/α,β-unsaturated/α-hetero) is 1. The number of fused-ring (bicyclic) bond motifs is 2.